The number of aromatic nitrogens is 1. The van der Waals surface area contributed by atoms with Gasteiger partial charge < -0.3 is 15.1 Å². The number of aliphatic hydroxyl groups is 1. The zero-order valence-electron chi connectivity index (χ0n) is 21.6. The van der Waals surface area contributed by atoms with Crippen molar-refractivity contribution in [3.63, 3.8) is 0 Å². The fourth-order valence-corrected chi connectivity index (χ4v) is 8.20. The van der Waals surface area contributed by atoms with Gasteiger partial charge in [-0.2, -0.15) is 0 Å². The SMILES string of the molecule is C=C[C@]1(C)C[C@@H](OC(=O)CSc2cncc(/C=N/O)c2)[C@@]2(C)C3C(=O)CC[C@@]3(CC[C@H]2C)[C@@H](C)[C@@H]1O. The molecule has 7 nitrogen and oxygen atoms in total. The number of carbonyl (C=O) groups is 2. The van der Waals surface area contributed by atoms with E-state index in [0.29, 0.717) is 18.4 Å². The molecule has 0 aliphatic heterocycles. The molecular formula is C28H38N2O5S. The molecule has 3 aliphatic rings. The molecule has 2 bridgehead atoms. The van der Waals surface area contributed by atoms with Crippen molar-refractivity contribution in [3.05, 3.63) is 36.7 Å². The molecule has 3 aliphatic carbocycles. The second-order valence-corrected chi connectivity index (χ2v) is 12.6. The maximum absolute atomic E-state index is 13.5. The minimum atomic E-state index is -0.682. The highest BCUT2D eigenvalue weighted by molar-refractivity contribution is 8.00. The Labute approximate surface area is 217 Å². The van der Waals surface area contributed by atoms with Gasteiger partial charge in [-0.1, -0.05) is 38.9 Å². The highest BCUT2D eigenvalue weighted by Gasteiger charge is 2.68. The van der Waals surface area contributed by atoms with Crippen LogP contribution < -0.4 is 0 Å². The molecule has 4 rings (SSSR count). The molecule has 1 unspecified atom stereocenters. The Bertz CT molecular complexity index is 1060. The number of esters is 1. The summed E-state index contributed by atoms with van der Waals surface area (Å²) in [5.41, 5.74) is -0.840. The third-order valence-electron chi connectivity index (χ3n) is 9.87. The molecule has 196 valence electrons. The average Bonchev–Trinajstić information content (AvgIpc) is 3.22. The van der Waals surface area contributed by atoms with Crippen molar-refractivity contribution in [1.82, 2.24) is 4.98 Å². The topological polar surface area (TPSA) is 109 Å². The molecule has 36 heavy (non-hydrogen) atoms. The third kappa shape index (κ3) is 4.30. The lowest BCUT2D eigenvalue weighted by Gasteiger charge is -2.61. The minimum absolute atomic E-state index is 0.0572. The minimum Gasteiger partial charge on any atom is -0.461 e. The molecule has 8 heteroatoms. The van der Waals surface area contributed by atoms with Gasteiger partial charge in [0, 0.05) is 46.0 Å². The van der Waals surface area contributed by atoms with Gasteiger partial charge in [0.15, 0.2) is 0 Å². The van der Waals surface area contributed by atoms with Crippen LogP contribution in [-0.2, 0) is 14.3 Å². The monoisotopic (exact) mass is 514 g/mol. The number of pyridine rings is 1. The molecule has 1 heterocycles. The molecule has 1 aromatic rings. The van der Waals surface area contributed by atoms with Gasteiger partial charge in [-0.25, -0.2) is 0 Å². The van der Waals surface area contributed by atoms with Crippen LogP contribution in [0.1, 0.15) is 65.4 Å². The second-order valence-electron chi connectivity index (χ2n) is 11.6. The number of thioether (sulfide) groups is 1. The Morgan fingerprint density at radius 3 is 2.78 bits per heavy atom. The van der Waals surface area contributed by atoms with E-state index in [1.165, 1.54) is 18.0 Å². The Balaban J connectivity index is 1.65. The third-order valence-corrected chi connectivity index (χ3v) is 10.8. The maximum atomic E-state index is 13.5. The van der Waals surface area contributed by atoms with Gasteiger partial charge in [0.25, 0.3) is 0 Å². The number of oxime groups is 1. The standard InChI is InChI=1S/C28H38N2O5S/c1-6-26(4)12-22(35-23(32)16-36-20-11-19(14-30-34)13-29-15-20)27(5)17(2)7-9-28(18(3)25(26)33)10-8-21(31)24(27)28/h6,11,13-15,17-18,22,24-25,33-34H,1,7-10,12,16H2,2-5H3/b30-14+/t17-,18+,22-,24?,25+,26-,27+,28+/m1/s1. The molecule has 0 saturated heterocycles. The number of nitrogens with zero attached hydrogens (tertiary/aromatic N) is 2. The maximum Gasteiger partial charge on any atom is 0.316 e. The van der Waals surface area contributed by atoms with E-state index in [4.69, 9.17) is 9.94 Å². The summed E-state index contributed by atoms with van der Waals surface area (Å²) >= 11 is 1.30. The fraction of sp³-hybridized carbons (Fsp3) is 0.643. The van der Waals surface area contributed by atoms with Crippen molar-refractivity contribution in [2.75, 3.05) is 5.75 Å². The van der Waals surface area contributed by atoms with Crippen molar-refractivity contribution in [3.8, 4) is 0 Å². The van der Waals surface area contributed by atoms with Crippen LogP contribution in [-0.4, -0.2) is 51.2 Å². The summed E-state index contributed by atoms with van der Waals surface area (Å²) in [7, 11) is 0. The van der Waals surface area contributed by atoms with E-state index in [9.17, 15) is 14.7 Å². The van der Waals surface area contributed by atoms with E-state index in [1.54, 1.807) is 24.5 Å². The molecule has 1 aromatic heterocycles. The summed E-state index contributed by atoms with van der Waals surface area (Å²) in [6.45, 7) is 12.5. The molecule has 0 amide bonds. The smallest absolute Gasteiger partial charge is 0.316 e. The highest BCUT2D eigenvalue weighted by Crippen LogP contribution is 2.68. The molecule has 3 saturated carbocycles. The molecular weight excluding hydrogens is 476 g/mol. The van der Waals surface area contributed by atoms with Crippen molar-refractivity contribution >= 4 is 29.7 Å². The van der Waals surface area contributed by atoms with E-state index < -0.39 is 23.0 Å². The first-order valence-electron chi connectivity index (χ1n) is 12.8. The quantitative estimate of drug-likeness (QED) is 0.139. The number of rotatable bonds is 6. The molecule has 3 fully saturated rings. The highest BCUT2D eigenvalue weighted by atomic mass is 32.2. The van der Waals surface area contributed by atoms with E-state index >= 15 is 0 Å². The second kappa shape index (κ2) is 9.93. The first kappa shape index (κ1) is 26.9. The van der Waals surface area contributed by atoms with E-state index in [1.807, 2.05) is 6.92 Å². The van der Waals surface area contributed by atoms with Crippen LogP contribution in [0.2, 0.25) is 0 Å². The van der Waals surface area contributed by atoms with Gasteiger partial charge in [0.1, 0.15) is 11.9 Å². The van der Waals surface area contributed by atoms with E-state index in [-0.39, 0.29) is 40.7 Å². The summed E-state index contributed by atoms with van der Waals surface area (Å²) in [4.78, 5) is 31.6. The molecule has 0 radical (unpaired) electrons. The fourth-order valence-electron chi connectivity index (χ4n) is 7.49. The van der Waals surface area contributed by atoms with Crippen molar-refractivity contribution < 1.29 is 24.6 Å². The molecule has 8 atom stereocenters. The van der Waals surface area contributed by atoms with Gasteiger partial charge in [0.2, 0.25) is 0 Å². The van der Waals surface area contributed by atoms with Crippen LogP contribution >= 0.6 is 11.8 Å². The van der Waals surface area contributed by atoms with Crippen LogP contribution in [0.5, 0.6) is 0 Å². The Morgan fingerprint density at radius 1 is 1.33 bits per heavy atom. The van der Waals surface area contributed by atoms with Crippen LogP contribution in [0.15, 0.2) is 41.2 Å². The number of aliphatic hydroxyl groups excluding tert-OH is 1. The molecule has 2 N–H and O–H groups in total. The van der Waals surface area contributed by atoms with Gasteiger partial charge in [-0.15, -0.1) is 18.3 Å². The number of ketones is 1. The Morgan fingerprint density at radius 2 is 2.08 bits per heavy atom. The van der Waals surface area contributed by atoms with Crippen molar-refractivity contribution in [1.29, 1.82) is 0 Å². The number of ether oxygens (including phenoxy) is 1. The van der Waals surface area contributed by atoms with Crippen LogP contribution in [0.25, 0.3) is 0 Å². The molecule has 0 spiro atoms. The largest absolute Gasteiger partial charge is 0.461 e. The normalized spacial score (nSPS) is 40.4. The number of hydrogen-bond acceptors (Lipinski definition) is 8. The molecule has 0 aromatic carbocycles. The predicted octanol–water partition coefficient (Wildman–Crippen LogP) is 4.89. The van der Waals surface area contributed by atoms with Crippen LogP contribution in [0.3, 0.4) is 0 Å². The van der Waals surface area contributed by atoms with Crippen molar-refractivity contribution in [2.24, 2.45) is 39.2 Å². The van der Waals surface area contributed by atoms with E-state index in [2.05, 4.69) is 37.5 Å². The van der Waals surface area contributed by atoms with E-state index in [0.717, 1.165) is 24.2 Å². The zero-order valence-corrected chi connectivity index (χ0v) is 22.5. The van der Waals surface area contributed by atoms with Gasteiger partial charge in [-0.3, -0.25) is 14.6 Å². The number of Topliss-reactive ketones (excluding diaryl/α,β-unsaturated/α-hetero) is 1. The van der Waals surface area contributed by atoms with Gasteiger partial charge in [0.05, 0.1) is 18.1 Å². The predicted molar refractivity (Wildman–Crippen MR) is 139 cm³/mol. The lowest BCUT2D eigenvalue weighted by Crippen LogP contribution is -2.63. The summed E-state index contributed by atoms with van der Waals surface area (Å²) < 4.78 is 6.26. The van der Waals surface area contributed by atoms with Crippen molar-refractivity contribution in [2.45, 2.75) is 76.9 Å². The Kier molecular flexibility index (Phi) is 7.41. The lowest BCUT2D eigenvalue weighted by atomic mass is 9.44. The summed E-state index contributed by atoms with van der Waals surface area (Å²) in [5.74, 6) is -0.145. The zero-order chi connectivity index (χ0) is 26.3. The number of carbonyl (C=O) groups excluding carboxylic acids is 2. The first-order chi connectivity index (χ1) is 17.0. The average molecular weight is 515 g/mol. The first-order valence-corrected chi connectivity index (χ1v) is 13.8. The summed E-state index contributed by atoms with van der Waals surface area (Å²) in [6.07, 6.45) is 8.65. The Hall–Kier alpha value is -2.19. The van der Waals surface area contributed by atoms with Gasteiger partial charge in [-0.05, 0) is 49.0 Å². The van der Waals surface area contributed by atoms with Crippen LogP contribution in [0, 0.1) is 34.0 Å². The summed E-state index contributed by atoms with van der Waals surface area (Å²) in [5, 5.41) is 23.4. The summed E-state index contributed by atoms with van der Waals surface area (Å²) in [6, 6.07) is 1.78. The van der Waals surface area contributed by atoms with Gasteiger partial charge >= 0.3 is 5.97 Å². The van der Waals surface area contributed by atoms with Crippen LogP contribution in [0.4, 0.5) is 0 Å². The lowest BCUT2D eigenvalue weighted by molar-refractivity contribution is -0.205. The number of hydrogen-bond donors (Lipinski definition) is 2.